The molecule has 1 saturated carbocycles. The number of aryl methyl sites for hydroxylation is 1. The lowest BCUT2D eigenvalue weighted by molar-refractivity contribution is 0.417. The summed E-state index contributed by atoms with van der Waals surface area (Å²) in [5, 5.41) is 3.66. The van der Waals surface area contributed by atoms with E-state index in [4.69, 9.17) is 0 Å². The molecule has 0 radical (unpaired) electrons. The quantitative estimate of drug-likeness (QED) is 0.736. The fourth-order valence-corrected chi connectivity index (χ4v) is 3.32. The summed E-state index contributed by atoms with van der Waals surface area (Å²) in [5.41, 5.74) is 2.91. The van der Waals surface area contributed by atoms with Gasteiger partial charge in [0, 0.05) is 6.04 Å². The van der Waals surface area contributed by atoms with Crippen LogP contribution < -0.4 is 5.32 Å². The van der Waals surface area contributed by atoms with Crippen molar-refractivity contribution in [2.45, 2.75) is 64.8 Å². The van der Waals surface area contributed by atoms with Crippen LogP contribution in [-0.4, -0.2) is 6.54 Å². The maximum Gasteiger partial charge on any atom is 0.0320 e. The first-order valence-electron chi connectivity index (χ1n) is 8.15. The van der Waals surface area contributed by atoms with Crippen molar-refractivity contribution in [1.82, 2.24) is 5.32 Å². The Balaban J connectivity index is 1.92. The highest BCUT2D eigenvalue weighted by molar-refractivity contribution is 5.25. The van der Waals surface area contributed by atoms with E-state index in [-0.39, 0.29) is 0 Å². The van der Waals surface area contributed by atoms with Crippen LogP contribution >= 0.6 is 0 Å². The molecule has 1 fully saturated rings. The van der Waals surface area contributed by atoms with E-state index in [9.17, 15) is 0 Å². The van der Waals surface area contributed by atoms with Gasteiger partial charge < -0.3 is 5.32 Å². The van der Waals surface area contributed by atoms with Crippen molar-refractivity contribution in [3.63, 3.8) is 0 Å². The molecule has 0 amide bonds. The van der Waals surface area contributed by atoms with Gasteiger partial charge in [-0.1, -0.05) is 63.8 Å². The van der Waals surface area contributed by atoms with Gasteiger partial charge in [0.1, 0.15) is 0 Å². The number of hydrogen-bond acceptors (Lipinski definition) is 1. The van der Waals surface area contributed by atoms with Gasteiger partial charge in [-0.25, -0.2) is 0 Å². The van der Waals surface area contributed by atoms with Gasteiger partial charge in [-0.2, -0.15) is 0 Å². The molecule has 0 saturated heterocycles. The molecule has 0 spiro atoms. The molecule has 0 aliphatic heterocycles. The molecular formula is C18H29N. The van der Waals surface area contributed by atoms with Gasteiger partial charge >= 0.3 is 0 Å². The van der Waals surface area contributed by atoms with E-state index in [0.29, 0.717) is 6.04 Å². The van der Waals surface area contributed by atoms with E-state index in [1.54, 1.807) is 0 Å². The summed E-state index contributed by atoms with van der Waals surface area (Å²) in [6, 6.07) is 9.77. The number of rotatable bonds is 7. The Morgan fingerprint density at radius 1 is 1.11 bits per heavy atom. The van der Waals surface area contributed by atoms with Crippen molar-refractivity contribution in [3.8, 4) is 0 Å². The largest absolute Gasteiger partial charge is 0.310 e. The van der Waals surface area contributed by atoms with Crippen LogP contribution in [0.15, 0.2) is 24.3 Å². The second kappa shape index (κ2) is 7.69. The zero-order chi connectivity index (χ0) is 13.5. The first kappa shape index (κ1) is 14.6. The molecule has 1 unspecified atom stereocenters. The highest BCUT2D eigenvalue weighted by Gasteiger charge is 2.17. The lowest BCUT2D eigenvalue weighted by Crippen LogP contribution is -2.21. The molecule has 106 valence electrons. The van der Waals surface area contributed by atoms with Crippen LogP contribution in [0.4, 0.5) is 0 Å². The lowest BCUT2D eigenvalue weighted by Gasteiger charge is -2.20. The predicted octanol–water partition coefficient (Wildman–Crippen LogP) is 4.87. The minimum Gasteiger partial charge on any atom is -0.310 e. The second-order valence-corrected chi connectivity index (χ2v) is 5.93. The Bertz CT molecular complexity index is 348. The maximum atomic E-state index is 3.66. The smallest absolute Gasteiger partial charge is 0.0320 e. The number of nitrogens with one attached hydrogen (secondary N) is 1. The monoisotopic (exact) mass is 259 g/mol. The molecule has 2 rings (SSSR count). The average Bonchev–Trinajstić information content (AvgIpc) is 2.97. The van der Waals surface area contributed by atoms with Gasteiger partial charge in [-0.05, 0) is 42.9 Å². The zero-order valence-corrected chi connectivity index (χ0v) is 12.6. The topological polar surface area (TPSA) is 12.0 Å². The molecule has 0 bridgehead atoms. The van der Waals surface area contributed by atoms with Crippen LogP contribution in [0.25, 0.3) is 0 Å². The summed E-state index contributed by atoms with van der Waals surface area (Å²) in [6.45, 7) is 5.49. The Morgan fingerprint density at radius 2 is 1.79 bits per heavy atom. The molecule has 1 N–H and O–H groups in total. The van der Waals surface area contributed by atoms with Crippen molar-refractivity contribution < 1.29 is 0 Å². The summed E-state index contributed by atoms with van der Waals surface area (Å²) in [7, 11) is 0. The molecule has 1 aromatic rings. The van der Waals surface area contributed by atoms with E-state index in [1.165, 1.54) is 49.7 Å². The molecule has 1 aromatic carbocycles. The molecule has 1 aliphatic carbocycles. The molecule has 19 heavy (non-hydrogen) atoms. The third-order valence-electron chi connectivity index (χ3n) is 4.58. The SMILES string of the molecule is CCNC(CCC1CCCC1)c1ccc(CC)cc1. The van der Waals surface area contributed by atoms with Crippen LogP contribution in [0.5, 0.6) is 0 Å². The average molecular weight is 259 g/mol. The first-order chi connectivity index (χ1) is 9.33. The van der Waals surface area contributed by atoms with Gasteiger partial charge in [0.05, 0.1) is 0 Å². The number of benzene rings is 1. The van der Waals surface area contributed by atoms with E-state index in [2.05, 4.69) is 43.4 Å². The highest BCUT2D eigenvalue weighted by Crippen LogP contribution is 2.31. The summed E-state index contributed by atoms with van der Waals surface area (Å²) in [6.07, 6.45) is 9.68. The summed E-state index contributed by atoms with van der Waals surface area (Å²) >= 11 is 0. The van der Waals surface area contributed by atoms with Crippen LogP contribution in [-0.2, 0) is 6.42 Å². The lowest BCUT2D eigenvalue weighted by atomic mass is 9.94. The van der Waals surface area contributed by atoms with Gasteiger partial charge in [0.2, 0.25) is 0 Å². The van der Waals surface area contributed by atoms with E-state index in [0.717, 1.165) is 18.9 Å². The van der Waals surface area contributed by atoms with Gasteiger partial charge in [0.15, 0.2) is 0 Å². The normalized spacial score (nSPS) is 17.8. The van der Waals surface area contributed by atoms with Crippen molar-refractivity contribution >= 4 is 0 Å². The van der Waals surface area contributed by atoms with Crippen molar-refractivity contribution in [2.75, 3.05) is 6.54 Å². The van der Waals surface area contributed by atoms with Crippen LogP contribution in [0, 0.1) is 5.92 Å². The molecule has 1 nitrogen and oxygen atoms in total. The fraction of sp³-hybridized carbons (Fsp3) is 0.667. The van der Waals surface area contributed by atoms with Crippen LogP contribution in [0.2, 0.25) is 0 Å². The third kappa shape index (κ3) is 4.35. The molecule has 1 heteroatoms. The van der Waals surface area contributed by atoms with E-state index < -0.39 is 0 Å². The number of hydrogen-bond donors (Lipinski definition) is 1. The highest BCUT2D eigenvalue weighted by atomic mass is 14.9. The zero-order valence-electron chi connectivity index (χ0n) is 12.6. The van der Waals surface area contributed by atoms with Gasteiger partial charge in [0.25, 0.3) is 0 Å². The molecule has 1 aliphatic rings. The standard InChI is InChI=1S/C18H29N/c1-3-15-9-12-17(13-10-15)18(19-4-2)14-11-16-7-5-6-8-16/h9-10,12-13,16,18-19H,3-8,11,14H2,1-2H3. The van der Waals surface area contributed by atoms with Crippen molar-refractivity contribution in [3.05, 3.63) is 35.4 Å². The minimum atomic E-state index is 0.552. The second-order valence-electron chi connectivity index (χ2n) is 5.93. The Labute approximate surface area is 118 Å². The molecule has 1 atom stereocenters. The summed E-state index contributed by atoms with van der Waals surface area (Å²) in [5.74, 6) is 0.996. The van der Waals surface area contributed by atoms with Crippen LogP contribution in [0.3, 0.4) is 0 Å². The predicted molar refractivity (Wildman–Crippen MR) is 83.4 cm³/mol. The molecular weight excluding hydrogens is 230 g/mol. The summed E-state index contributed by atoms with van der Waals surface area (Å²) < 4.78 is 0. The van der Waals surface area contributed by atoms with Gasteiger partial charge in [-0.15, -0.1) is 0 Å². The molecule has 0 heterocycles. The van der Waals surface area contributed by atoms with E-state index in [1.807, 2.05) is 0 Å². The fourth-order valence-electron chi connectivity index (χ4n) is 3.32. The maximum absolute atomic E-state index is 3.66. The van der Waals surface area contributed by atoms with Crippen molar-refractivity contribution in [1.29, 1.82) is 0 Å². The molecule has 0 aromatic heterocycles. The minimum absolute atomic E-state index is 0.552. The van der Waals surface area contributed by atoms with E-state index >= 15 is 0 Å². The van der Waals surface area contributed by atoms with Crippen molar-refractivity contribution in [2.24, 2.45) is 5.92 Å². The Kier molecular flexibility index (Phi) is 5.91. The third-order valence-corrected chi connectivity index (χ3v) is 4.58. The van der Waals surface area contributed by atoms with Crippen LogP contribution in [0.1, 0.15) is 69.5 Å². The van der Waals surface area contributed by atoms with Gasteiger partial charge in [-0.3, -0.25) is 0 Å². The Morgan fingerprint density at radius 3 is 2.37 bits per heavy atom. The Hall–Kier alpha value is -0.820. The first-order valence-corrected chi connectivity index (χ1v) is 8.15. The summed E-state index contributed by atoms with van der Waals surface area (Å²) in [4.78, 5) is 0.